The highest BCUT2D eigenvalue weighted by Gasteiger charge is 2.16. The molecule has 0 saturated heterocycles. The summed E-state index contributed by atoms with van der Waals surface area (Å²) in [5, 5.41) is 7.45. The second-order valence-electron chi connectivity index (χ2n) is 9.36. The Hall–Kier alpha value is -4.82. The van der Waals surface area contributed by atoms with Crippen LogP contribution in [0.2, 0.25) is 0 Å². The topological polar surface area (TPSA) is 18.1 Å². The molecule has 2 aromatic heterocycles. The van der Waals surface area contributed by atoms with Gasteiger partial charge >= 0.3 is 0 Å². The van der Waals surface area contributed by atoms with E-state index in [2.05, 4.69) is 120 Å². The number of aromatic nitrogens is 1. The molecule has 0 aliphatic carbocycles. The van der Waals surface area contributed by atoms with Crippen molar-refractivity contribution in [2.45, 2.75) is 0 Å². The number of nitrogens with zero attached hydrogens (tertiary/aromatic N) is 1. The van der Waals surface area contributed by atoms with Gasteiger partial charge in [0.2, 0.25) is 0 Å². The third kappa shape index (κ3) is 2.67. The van der Waals surface area contributed by atoms with Crippen LogP contribution in [0.5, 0.6) is 0 Å². The highest BCUT2D eigenvalue weighted by molar-refractivity contribution is 6.21. The van der Waals surface area contributed by atoms with Crippen molar-refractivity contribution in [3.05, 3.63) is 127 Å². The Bertz CT molecular complexity index is 2110. The summed E-state index contributed by atoms with van der Waals surface area (Å²) in [6, 6.07) is 45.4. The zero-order valence-corrected chi connectivity index (χ0v) is 19.5. The monoisotopic (exact) mass is 459 g/mol. The molecule has 2 heteroatoms. The zero-order valence-electron chi connectivity index (χ0n) is 19.5. The van der Waals surface area contributed by atoms with E-state index in [0.29, 0.717) is 0 Å². The Morgan fingerprint density at radius 2 is 1.22 bits per heavy atom. The van der Waals surface area contributed by atoms with Gasteiger partial charge in [0, 0.05) is 27.2 Å². The minimum Gasteiger partial charge on any atom is -0.456 e. The van der Waals surface area contributed by atoms with Crippen LogP contribution in [0.4, 0.5) is 0 Å². The number of benzene rings is 6. The van der Waals surface area contributed by atoms with Gasteiger partial charge in [-0.15, -0.1) is 0 Å². The van der Waals surface area contributed by atoms with Gasteiger partial charge in [-0.1, -0.05) is 91.0 Å². The highest BCUT2D eigenvalue weighted by Crippen LogP contribution is 2.39. The van der Waals surface area contributed by atoms with E-state index >= 15 is 0 Å². The summed E-state index contributed by atoms with van der Waals surface area (Å²) >= 11 is 0. The molecule has 0 radical (unpaired) electrons. The summed E-state index contributed by atoms with van der Waals surface area (Å²) in [5.41, 5.74) is 7.79. The Morgan fingerprint density at radius 3 is 2.17 bits per heavy atom. The van der Waals surface area contributed by atoms with Crippen molar-refractivity contribution in [1.29, 1.82) is 0 Å². The zero-order chi connectivity index (χ0) is 23.6. The van der Waals surface area contributed by atoms with Crippen molar-refractivity contribution in [2.24, 2.45) is 0 Å². The smallest absolute Gasteiger partial charge is 0.136 e. The fourth-order valence-corrected chi connectivity index (χ4v) is 5.85. The minimum atomic E-state index is 0.919. The fourth-order valence-electron chi connectivity index (χ4n) is 5.85. The molecule has 8 rings (SSSR count). The molecule has 0 aliphatic heterocycles. The molecule has 0 amide bonds. The van der Waals surface area contributed by atoms with E-state index in [9.17, 15) is 0 Å². The molecule has 8 aromatic rings. The second-order valence-corrected chi connectivity index (χ2v) is 9.36. The van der Waals surface area contributed by atoms with Crippen LogP contribution in [0.25, 0.3) is 71.3 Å². The number of rotatable bonds is 2. The normalized spacial score (nSPS) is 11.9. The molecule has 168 valence electrons. The summed E-state index contributed by atoms with van der Waals surface area (Å²) in [6.45, 7) is 0. The fraction of sp³-hybridized carbons (Fsp3) is 0. The molecule has 0 saturated carbocycles. The van der Waals surface area contributed by atoms with E-state index in [-0.39, 0.29) is 0 Å². The van der Waals surface area contributed by atoms with E-state index in [1.165, 1.54) is 49.1 Å². The molecule has 0 unspecified atom stereocenters. The SMILES string of the molecule is c1cc(-c2cccc3oc4ccccc4c23)cc(-n2c3ccccc3c3c4ccccc4ccc32)c1. The third-order valence-corrected chi connectivity index (χ3v) is 7.38. The Labute approximate surface area is 207 Å². The summed E-state index contributed by atoms with van der Waals surface area (Å²) in [7, 11) is 0. The van der Waals surface area contributed by atoms with Gasteiger partial charge in [-0.25, -0.2) is 0 Å². The van der Waals surface area contributed by atoms with Crippen molar-refractivity contribution in [2.75, 3.05) is 0 Å². The first-order valence-corrected chi connectivity index (χ1v) is 12.3. The summed E-state index contributed by atoms with van der Waals surface area (Å²) in [4.78, 5) is 0. The Balaban J connectivity index is 1.43. The molecule has 0 N–H and O–H groups in total. The number of hydrogen-bond acceptors (Lipinski definition) is 1. The molecule has 36 heavy (non-hydrogen) atoms. The standard InChI is InChI=1S/C34H21NO/c1-2-12-25-22(9-1)19-20-30-33(25)27-13-3-5-16-29(27)35(30)24-11-7-10-23(21-24)26-15-8-18-32-34(26)28-14-4-6-17-31(28)36-32/h1-21H. The second kappa shape index (κ2) is 7.34. The molecular weight excluding hydrogens is 438 g/mol. The van der Waals surface area contributed by atoms with E-state index in [4.69, 9.17) is 4.42 Å². The number of fused-ring (bicyclic) bond motifs is 8. The minimum absolute atomic E-state index is 0.919. The molecule has 0 aliphatic rings. The molecule has 0 spiro atoms. The van der Waals surface area contributed by atoms with Crippen molar-refractivity contribution in [1.82, 2.24) is 4.57 Å². The molecular formula is C34H21NO. The lowest BCUT2D eigenvalue weighted by molar-refractivity contribution is 0.669. The lowest BCUT2D eigenvalue weighted by Gasteiger charge is -2.11. The number of para-hydroxylation sites is 2. The third-order valence-electron chi connectivity index (χ3n) is 7.38. The largest absolute Gasteiger partial charge is 0.456 e. The van der Waals surface area contributed by atoms with Crippen LogP contribution in [0.1, 0.15) is 0 Å². The first kappa shape index (κ1) is 19.5. The van der Waals surface area contributed by atoms with E-state index in [1.54, 1.807) is 0 Å². The van der Waals surface area contributed by atoms with Crippen LogP contribution < -0.4 is 0 Å². The van der Waals surface area contributed by atoms with Gasteiger partial charge in [0.05, 0.1) is 11.0 Å². The van der Waals surface area contributed by atoms with Crippen molar-refractivity contribution < 1.29 is 4.42 Å². The average Bonchev–Trinajstić information content (AvgIpc) is 3.49. The van der Waals surface area contributed by atoms with Gasteiger partial charge in [0.25, 0.3) is 0 Å². The van der Waals surface area contributed by atoms with Gasteiger partial charge in [-0.05, 0) is 58.3 Å². The lowest BCUT2D eigenvalue weighted by atomic mass is 9.99. The van der Waals surface area contributed by atoms with Gasteiger partial charge in [0.1, 0.15) is 11.2 Å². The maximum atomic E-state index is 6.17. The molecule has 2 nitrogen and oxygen atoms in total. The lowest BCUT2D eigenvalue weighted by Crippen LogP contribution is -1.94. The highest BCUT2D eigenvalue weighted by atomic mass is 16.3. The van der Waals surface area contributed by atoms with Crippen LogP contribution in [-0.2, 0) is 0 Å². The number of hydrogen-bond donors (Lipinski definition) is 0. The van der Waals surface area contributed by atoms with Crippen molar-refractivity contribution in [3.63, 3.8) is 0 Å². The summed E-state index contributed by atoms with van der Waals surface area (Å²) in [6.07, 6.45) is 0. The molecule has 0 bridgehead atoms. The average molecular weight is 460 g/mol. The summed E-state index contributed by atoms with van der Waals surface area (Å²) in [5.74, 6) is 0. The van der Waals surface area contributed by atoms with Crippen LogP contribution in [-0.4, -0.2) is 4.57 Å². The summed E-state index contributed by atoms with van der Waals surface area (Å²) < 4.78 is 8.57. The Morgan fingerprint density at radius 1 is 0.472 bits per heavy atom. The van der Waals surface area contributed by atoms with Gasteiger partial charge in [0.15, 0.2) is 0 Å². The molecule has 0 atom stereocenters. The van der Waals surface area contributed by atoms with E-state index in [1.807, 2.05) is 12.1 Å². The van der Waals surface area contributed by atoms with Gasteiger partial charge in [-0.2, -0.15) is 0 Å². The van der Waals surface area contributed by atoms with Crippen molar-refractivity contribution >= 4 is 54.5 Å². The van der Waals surface area contributed by atoms with Gasteiger partial charge in [-0.3, -0.25) is 0 Å². The van der Waals surface area contributed by atoms with Crippen molar-refractivity contribution in [3.8, 4) is 16.8 Å². The van der Waals surface area contributed by atoms with Gasteiger partial charge < -0.3 is 8.98 Å². The quantitative estimate of drug-likeness (QED) is 0.252. The maximum Gasteiger partial charge on any atom is 0.136 e. The van der Waals surface area contributed by atoms with E-state index < -0.39 is 0 Å². The maximum absolute atomic E-state index is 6.17. The van der Waals surface area contributed by atoms with Crippen LogP contribution in [0, 0.1) is 0 Å². The molecule has 6 aromatic carbocycles. The van der Waals surface area contributed by atoms with Crippen LogP contribution in [0.3, 0.4) is 0 Å². The molecule has 2 heterocycles. The first-order chi connectivity index (χ1) is 17.9. The number of furan rings is 1. The predicted octanol–water partition coefficient (Wildman–Crippen LogP) is 9.50. The van der Waals surface area contributed by atoms with Crippen LogP contribution in [0.15, 0.2) is 132 Å². The Kier molecular flexibility index (Phi) is 3.97. The first-order valence-electron chi connectivity index (χ1n) is 12.3. The predicted molar refractivity (Wildman–Crippen MR) is 151 cm³/mol. The van der Waals surface area contributed by atoms with Crippen LogP contribution >= 0.6 is 0 Å². The molecule has 0 fully saturated rings. The van der Waals surface area contributed by atoms with E-state index in [0.717, 1.165) is 22.2 Å².